The molecule has 0 bridgehead atoms. The topological polar surface area (TPSA) is 50.5 Å². The van der Waals surface area contributed by atoms with E-state index in [-0.39, 0.29) is 5.41 Å². The molecule has 26 heavy (non-hydrogen) atoms. The molecule has 0 radical (unpaired) electrons. The van der Waals surface area contributed by atoms with E-state index in [1.165, 1.54) is 22.6 Å². The van der Waals surface area contributed by atoms with Crippen LogP contribution in [0.15, 0.2) is 54.4 Å². The smallest absolute Gasteiger partial charge is 0.119 e. The molecule has 144 valence electrons. The minimum atomic E-state index is -0.0908. The summed E-state index contributed by atoms with van der Waals surface area (Å²) < 4.78 is 5.46. The number of allylic oxidation sites excluding steroid dienone is 5. The second-order valence-corrected chi connectivity index (χ2v) is 6.40. The van der Waals surface area contributed by atoms with Crippen molar-refractivity contribution in [2.75, 3.05) is 32.1 Å². The standard InChI is InChI=1S/C20H28N2O.C2H7N/c1-7-10-15(21-5)14-20(4)17-13-16(23-6)11-12-18(17)22(9-3)19(20)8-2;1-2-3/h7-8,10-13,21H,1,9,14H2,2-6H3;2-3H2,1H3/b15-10-,19-8-;. The number of methoxy groups -OCH3 is 1. The molecule has 0 aliphatic carbocycles. The lowest BCUT2D eigenvalue weighted by Crippen LogP contribution is -2.30. The van der Waals surface area contributed by atoms with Crippen LogP contribution in [-0.4, -0.2) is 27.2 Å². The van der Waals surface area contributed by atoms with Crippen molar-refractivity contribution < 1.29 is 4.74 Å². The first-order valence-corrected chi connectivity index (χ1v) is 9.29. The Morgan fingerprint density at radius 1 is 1.38 bits per heavy atom. The van der Waals surface area contributed by atoms with Crippen LogP contribution in [0.25, 0.3) is 0 Å². The Morgan fingerprint density at radius 3 is 2.50 bits per heavy atom. The lowest BCUT2D eigenvalue weighted by atomic mass is 9.77. The summed E-state index contributed by atoms with van der Waals surface area (Å²) in [6.07, 6.45) is 7.01. The minimum Gasteiger partial charge on any atom is -0.497 e. The molecular weight excluding hydrogens is 322 g/mol. The third-order valence-electron chi connectivity index (χ3n) is 4.72. The zero-order chi connectivity index (χ0) is 19.7. The molecule has 2 rings (SSSR count). The summed E-state index contributed by atoms with van der Waals surface area (Å²) in [6, 6.07) is 6.39. The van der Waals surface area contributed by atoms with Crippen molar-refractivity contribution in [3.8, 4) is 5.75 Å². The van der Waals surface area contributed by atoms with Crippen LogP contribution in [0, 0.1) is 0 Å². The summed E-state index contributed by atoms with van der Waals surface area (Å²) in [5.74, 6) is 0.905. The first-order chi connectivity index (χ1) is 12.5. The molecule has 1 unspecified atom stereocenters. The Morgan fingerprint density at radius 2 is 2.04 bits per heavy atom. The molecule has 0 saturated carbocycles. The fourth-order valence-electron chi connectivity index (χ4n) is 3.64. The van der Waals surface area contributed by atoms with Crippen molar-refractivity contribution in [3.63, 3.8) is 0 Å². The number of benzene rings is 1. The number of nitrogens with zero attached hydrogens (tertiary/aromatic N) is 1. The van der Waals surface area contributed by atoms with Crippen LogP contribution in [0.4, 0.5) is 5.69 Å². The van der Waals surface area contributed by atoms with E-state index in [9.17, 15) is 0 Å². The van der Waals surface area contributed by atoms with Gasteiger partial charge >= 0.3 is 0 Å². The third-order valence-corrected chi connectivity index (χ3v) is 4.72. The molecule has 4 heteroatoms. The highest BCUT2D eigenvalue weighted by molar-refractivity contribution is 5.72. The van der Waals surface area contributed by atoms with E-state index in [4.69, 9.17) is 10.5 Å². The Balaban J connectivity index is 0.00000105. The molecule has 1 heterocycles. The molecule has 0 aromatic heterocycles. The monoisotopic (exact) mass is 357 g/mol. The van der Waals surface area contributed by atoms with Gasteiger partial charge in [-0.25, -0.2) is 0 Å². The molecule has 0 amide bonds. The lowest BCUT2D eigenvalue weighted by molar-refractivity contribution is 0.413. The number of hydrogen-bond donors (Lipinski definition) is 2. The van der Waals surface area contributed by atoms with Gasteiger partial charge < -0.3 is 20.7 Å². The molecule has 0 fully saturated rings. The second-order valence-electron chi connectivity index (χ2n) is 6.40. The maximum absolute atomic E-state index is 5.46. The van der Waals surface area contributed by atoms with E-state index in [1.807, 2.05) is 32.2 Å². The Labute approximate surface area is 159 Å². The normalized spacial score (nSPS) is 20.3. The maximum Gasteiger partial charge on any atom is 0.119 e. The van der Waals surface area contributed by atoms with Gasteiger partial charge in [0.2, 0.25) is 0 Å². The van der Waals surface area contributed by atoms with Crippen LogP contribution in [-0.2, 0) is 5.41 Å². The summed E-state index contributed by atoms with van der Waals surface area (Å²) in [6.45, 7) is 14.1. The van der Waals surface area contributed by atoms with Gasteiger partial charge in [-0.15, -0.1) is 0 Å². The predicted molar refractivity (Wildman–Crippen MR) is 114 cm³/mol. The quantitative estimate of drug-likeness (QED) is 0.744. The van der Waals surface area contributed by atoms with E-state index in [0.717, 1.165) is 25.3 Å². The van der Waals surface area contributed by atoms with Gasteiger partial charge in [0.1, 0.15) is 5.75 Å². The molecule has 0 spiro atoms. The first kappa shape index (κ1) is 21.8. The summed E-state index contributed by atoms with van der Waals surface area (Å²) in [4.78, 5) is 2.40. The highest BCUT2D eigenvalue weighted by atomic mass is 16.5. The van der Waals surface area contributed by atoms with Crippen LogP contribution < -0.4 is 20.7 Å². The fourth-order valence-corrected chi connectivity index (χ4v) is 3.64. The molecule has 1 atom stereocenters. The highest BCUT2D eigenvalue weighted by Crippen LogP contribution is 2.51. The SMILES string of the molecule is C=C/C=C(/CC1(C)/C(=C/C)N(CC)c2ccc(OC)cc21)NC.CCN. The number of hydrogen-bond acceptors (Lipinski definition) is 4. The van der Waals surface area contributed by atoms with Crippen molar-refractivity contribution in [2.24, 2.45) is 5.73 Å². The molecular formula is C22H35N3O. The van der Waals surface area contributed by atoms with E-state index < -0.39 is 0 Å². The van der Waals surface area contributed by atoms with Gasteiger partial charge in [0.05, 0.1) is 7.11 Å². The van der Waals surface area contributed by atoms with Crippen molar-refractivity contribution in [2.45, 2.75) is 39.5 Å². The van der Waals surface area contributed by atoms with Gasteiger partial charge in [-0.05, 0) is 57.2 Å². The average Bonchev–Trinajstić information content (AvgIpc) is 2.88. The van der Waals surface area contributed by atoms with Gasteiger partial charge in [0.15, 0.2) is 0 Å². The van der Waals surface area contributed by atoms with Crippen LogP contribution in [0.2, 0.25) is 0 Å². The van der Waals surface area contributed by atoms with E-state index >= 15 is 0 Å². The summed E-state index contributed by atoms with van der Waals surface area (Å²) in [5.41, 5.74) is 9.86. The van der Waals surface area contributed by atoms with Crippen molar-refractivity contribution >= 4 is 5.69 Å². The zero-order valence-corrected chi connectivity index (χ0v) is 17.2. The Hall–Kier alpha value is -2.20. The molecule has 0 saturated heterocycles. The highest BCUT2D eigenvalue weighted by Gasteiger charge is 2.43. The number of anilines is 1. The number of nitrogens with two attached hydrogens (primary N) is 1. The average molecular weight is 358 g/mol. The van der Waals surface area contributed by atoms with E-state index in [0.29, 0.717) is 0 Å². The maximum atomic E-state index is 5.46. The number of likely N-dealkylation sites (N-methyl/N-ethyl adjacent to an activating group) is 1. The predicted octanol–water partition coefficient (Wildman–Crippen LogP) is 4.34. The number of rotatable bonds is 6. The largest absolute Gasteiger partial charge is 0.497 e. The second kappa shape index (κ2) is 10.1. The number of nitrogens with one attached hydrogen (secondary N) is 1. The van der Waals surface area contributed by atoms with Crippen molar-refractivity contribution in [3.05, 3.63) is 60.0 Å². The molecule has 1 aliphatic heterocycles. The van der Waals surface area contributed by atoms with Crippen molar-refractivity contribution in [1.29, 1.82) is 0 Å². The van der Waals surface area contributed by atoms with Crippen LogP contribution in [0.3, 0.4) is 0 Å². The van der Waals surface area contributed by atoms with E-state index in [2.05, 4.69) is 55.8 Å². The van der Waals surface area contributed by atoms with Crippen LogP contribution >= 0.6 is 0 Å². The third kappa shape index (κ3) is 4.31. The van der Waals surface area contributed by atoms with Crippen LogP contribution in [0.5, 0.6) is 5.75 Å². The summed E-state index contributed by atoms with van der Waals surface area (Å²) in [7, 11) is 3.69. The lowest BCUT2D eigenvalue weighted by Gasteiger charge is -2.30. The van der Waals surface area contributed by atoms with Crippen LogP contribution in [0.1, 0.15) is 39.7 Å². The number of fused-ring (bicyclic) bond motifs is 1. The Kier molecular flexibility index (Phi) is 8.46. The molecule has 1 aromatic rings. The van der Waals surface area contributed by atoms with Gasteiger partial charge in [0.25, 0.3) is 0 Å². The zero-order valence-electron chi connectivity index (χ0n) is 17.2. The molecule has 1 aromatic carbocycles. The molecule has 4 nitrogen and oxygen atoms in total. The minimum absolute atomic E-state index is 0.0908. The van der Waals surface area contributed by atoms with Gasteiger partial charge in [0, 0.05) is 42.5 Å². The van der Waals surface area contributed by atoms with Gasteiger partial charge in [-0.1, -0.05) is 25.7 Å². The van der Waals surface area contributed by atoms with E-state index in [1.54, 1.807) is 7.11 Å². The van der Waals surface area contributed by atoms with Gasteiger partial charge in [-0.3, -0.25) is 0 Å². The Bertz CT molecular complexity index is 663. The summed E-state index contributed by atoms with van der Waals surface area (Å²) >= 11 is 0. The molecule has 1 aliphatic rings. The number of ether oxygens (including phenoxy) is 1. The van der Waals surface area contributed by atoms with Gasteiger partial charge in [-0.2, -0.15) is 0 Å². The van der Waals surface area contributed by atoms with Crippen molar-refractivity contribution in [1.82, 2.24) is 5.32 Å². The molecule has 3 N–H and O–H groups in total. The fraction of sp³-hybridized carbons (Fsp3) is 0.455. The summed E-state index contributed by atoms with van der Waals surface area (Å²) in [5, 5.41) is 3.30. The first-order valence-electron chi connectivity index (χ1n) is 9.29.